The Labute approximate surface area is 68.3 Å². The molecular formula is C8H17NO2. The molecule has 1 aliphatic rings. The minimum atomic E-state index is -0.245. The maximum Gasteiger partial charge on any atom is 0.302 e. The highest BCUT2D eigenvalue weighted by molar-refractivity contribution is 5.65. The van der Waals surface area contributed by atoms with E-state index in [0.29, 0.717) is 0 Å². The summed E-state index contributed by atoms with van der Waals surface area (Å²) in [5.74, 6) is -0.245. The Balaban J connectivity index is 0.000000187. The molecule has 1 rings (SSSR count). The fraction of sp³-hybridized carbons (Fsp3) is 0.875. The van der Waals surface area contributed by atoms with Crippen molar-refractivity contribution in [2.45, 2.75) is 20.3 Å². The monoisotopic (exact) mass is 159 g/mol. The van der Waals surface area contributed by atoms with Gasteiger partial charge in [-0.2, -0.15) is 0 Å². The predicted molar refractivity (Wildman–Crippen MR) is 44.4 cm³/mol. The molecule has 0 aromatic rings. The highest BCUT2D eigenvalue weighted by Crippen LogP contribution is 2.02. The second-order valence-electron chi connectivity index (χ2n) is 2.48. The van der Waals surface area contributed by atoms with E-state index in [2.05, 4.69) is 16.6 Å². The van der Waals surface area contributed by atoms with Crippen LogP contribution in [0.25, 0.3) is 0 Å². The van der Waals surface area contributed by atoms with Crippen molar-refractivity contribution in [3.63, 3.8) is 0 Å². The molecule has 11 heavy (non-hydrogen) atoms. The van der Waals surface area contributed by atoms with Gasteiger partial charge in [0.05, 0.1) is 7.11 Å². The molecule has 0 radical (unpaired) electrons. The number of likely N-dealkylation sites (tertiary alicyclic amines) is 1. The van der Waals surface area contributed by atoms with Crippen LogP contribution in [-0.4, -0.2) is 37.6 Å². The molecule has 66 valence electrons. The first-order valence-corrected chi connectivity index (χ1v) is 3.97. The van der Waals surface area contributed by atoms with Gasteiger partial charge in [-0.15, -0.1) is 0 Å². The Morgan fingerprint density at radius 1 is 1.55 bits per heavy atom. The predicted octanol–water partition coefficient (Wildman–Crippen LogP) is 0.891. The summed E-state index contributed by atoms with van der Waals surface area (Å²) < 4.78 is 4.11. The second kappa shape index (κ2) is 6.16. The lowest BCUT2D eigenvalue weighted by Crippen LogP contribution is -2.36. The number of rotatable bonds is 1. The van der Waals surface area contributed by atoms with Crippen LogP contribution < -0.4 is 0 Å². The summed E-state index contributed by atoms with van der Waals surface area (Å²) in [5.41, 5.74) is 0. The van der Waals surface area contributed by atoms with E-state index in [1.165, 1.54) is 40.1 Å². The molecule has 0 aliphatic carbocycles. The van der Waals surface area contributed by atoms with Gasteiger partial charge in [0, 0.05) is 6.92 Å². The molecular weight excluding hydrogens is 142 g/mol. The standard InChI is InChI=1S/C5H11N.C3H6O2/c1-2-6-4-3-5-6;1-3(4)5-2/h2-5H2,1H3;1-2H3. The van der Waals surface area contributed by atoms with Crippen molar-refractivity contribution >= 4 is 5.97 Å². The topological polar surface area (TPSA) is 29.5 Å². The summed E-state index contributed by atoms with van der Waals surface area (Å²) in [6.45, 7) is 7.51. The number of methoxy groups -OCH3 is 1. The van der Waals surface area contributed by atoms with Gasteiger partial charge in [-0.1, -0.05) is 6.92 Å². The molecule has 0 aromatic heterocycles. The second-order valence-corrected chi connectivity index (χ2v) is 2.48. The van der Waals surface area contributed by atoms with Crippen LogP contribution in [0.3, 0.4) is 0 Å². The quantitative estimate of drug-likeness (QED) is 0.532. The molecule has 1 aliphatic heterocycles. The summed E-state index contributed by atoms with van der Waals surface area (Å²) in [6.07, 6.45) is 1.42. The molecule has 1 fully saturated rings. The van der Waals surface area contributed by atoms with E-state index in [-0.39, 0.29) is 5.97 Å². The number of hydrogen-bond acceptors (Lipinski definition) is 3. The molecule has 0 unspecified atom stereocenters. The van der Waals surface area contributed by atoms with E-state index in [1.807, 2.05) is 0 Å². The minimum absolute atomic E-state index is 0.245. The van der Waals surface area contributed by atoms with Gasteiger partial charge >= 0.3 is 5.97 Å². The van der Waals surface area contributed by atoms with Gasteiger partial charge in [-0.3, -0.25) is 4.79 Å². The van der Waals surface area contributed by atoms with E-state index < -0.39 is 0 Å². The van der Waals surface area contributed by atoms with Crippen LogP contribution >= 0.6 is 0 Å². The molecule has 0 atom stereocenters. The molecule has 3 heteroatoms. The van der Waals surface area contributed by atoms with Crippen molar-refractivity contribution in [1.82, 2.24) is 4.90 Å². The maximum absolute atomic E-state index is 9.59. The minimum Gasteiger partial charge on any atom is -0.469 e. The van der Waals surface area contributed by atoms with Gasteiger partial charge in [-0.05, 0) is 26.1 Å². The van der Waals surface area contributed by atoms with Crippen LogP contribution in [0.4, 0.5) is 0 Å². The number of hydrogen-bond donors (Lipinski definition) is 0. The van der Waals surface area contributed by atoms with Crippen LogP contribution in [0.1, 0.15) is 20.3 Å². The van der Waals surface area contributed by atoms with Crippen LogP contribution in [0.15, 0.2) is 0 Å². The van der Waals surface area contributed by atoms with Crippen molar-refractivity contribution in [3.8, 4) is 0 Å². The number of carbonyl (C=O) groups is 1. The largest absolute Gasteiger partial charge is 0.469 e. The summed E-state index contributed by atoms with van der Waals surface area (Å²) in [6, 6.07) is 0. The molecule has 0 saturated carbocycles. The molecule has 0 aromatic carbocycles. The van der Waals surface area contributed by atoms with Crippen molar-refractivity contribution in [1.29, 1.82) is 0 Å². The zero-order chi connectivity index (χ0) is 8.69. The fourth-order valence-electron chi connectivity index (χ4n) is 0.698. The average molecular weight is 159 g/mol. The van der Waals surface area contributed by atoms with Gasteiger partial charge in [0.2, 0.25) is 0 Å². The summed E-state index contributed by atoms with van der Waals surface area (Å²) >= 11 is 0. The number of carbonyl (C=O) groups excluding carboxylic acids is 1. The summed E-state index contributed by atoms with van der Waals surface area (Å²) in [7, 11) is 1.35. The highest BCUT2D eigenvalue weighted by atomic mass is 16.5. The normalized spacial score (nSPS) is 15.9. The fourth-order valence-corrected chi connectivity index (χ4v) is 0.698. The highest BCUT2D eigenvalue weighted by Gasteiger charge is 2.08. The van der Waals surface area contributed by atoms with Crippen molar-refractivity contribution in [2.75, 3.05) is 26.7 Å². The molecule has 1 heterocycles. The van der Waals surface area contributed by atoms with Gasteiger partial charge in [-0.25, -0.2) is 0 Å². The zero-order valence-electron chi connectivity index (χ0n) is 7.59. The Bertz CT molecular complexity index is 108. The Kier molecular flexibility index (Phi) is 5.84. The van der Waals surface area contributed by atoms with E-state index in [4.69, 9.17) is 0 Å². The molecule has 0 N–H and O–H groups in total. The SMILES string of the molecule is CCN1CCC1.COC(C)=O. The third-order valence-corrected chi connectivity index (χ3v) is 1.68. The lowest BCUT2D eigenvalue weighted by atomic mass is 10.2. The molecule has 0 spiro atoms. The van der Waals surface area contributed by atoms with Crippen molar-refractivity contribution in [3.05, 3.63) is 0 Å². The molecule has 0 amide bonds. The van der Waals surface area contributed by atoms with Gasteiger partial charge in [0.1, 0.15) is 0 Å². The van der Waals surface area contributed by atoms with Crippen molar-refractivity contribution < 1.29 is 9.53 Å². The van der Waals surface area contributed by atoms with Crippen molar-refractivity contribution in [2.24, 2.45) is 0 Å². The average Bonchev–Trinajstić information content (AvgIpc) is 1.87. The summed E-state index contributed by atoms with van der Waals surface area (Å²) in [4.78, 5) is 12.0. The van der Waals surface area contributed by atoms with E-state index >= 15 is 0 Å². The third-order valence-electron chi connectivity index (χ3n) is 1.68. The Morgan fingerprint density at radius 3 is 2.00 bits per heavy atom. The first kappa shape index (κ1) is 10.4. The van der Waals surface area contributed by atoms with Gasteiger partial charge < -0.3 is 9.64 Å². The van der Waals surface area contributed by atoms with E-state index in [0.717, 1.165) is 0 Å². The van der Waals surface area contributed by atoms with E-state index in [9.17, 15) is 4.79 Å². The molecule has 3 nitrogen and oxygen atoms in total. The van der Waals surface area contributed by atoms with Crippen LogP contribution in [-0.2, 0) is 9.53 Å². The Morgan fingerprint density at radius 2 is 2.00 bits per heavy atom. The third kappa shape index (κ3) is 5.85. The van der Waals surface area contributed by atoms with Crippen LogP contribution in [0, 0.1) is 0 Å². The number of nitrogens with zero attached hydrogens (tertiary/aromatic N) is 1. The lowest BCUT2D eigenvalue weighted by molar-refractivity contribution is -0.137. The first-order valence-electron chi connectivity index (χ1n) is 3.97. The maximum atomic E-state index is 9.59. The van der Waals surface area contributed by atoms with Crippen LogP contribution in [0.2, 0.25) is 0 Å². The first-order chi connectivity index (χ1) is 5.20. The number of esters is 1. The summed E-state index contributed by atoms with van der Waals surface area (Å²) in [5, 5.41) is 0. The lowest BCUT2D eigenvalue weighted by Gasteiger charge is -2.28. The zero-order valence-corrected chi connectivity index (χ0v) is 7.59. The molecule has 1 saturated heterocycles. The molecule has 0 bridgehead atoms. The van der Waals surface area contributed by atoms with Crippen LogP contribution in [0.5, 0.6) is 0 Å². The number of ether oxygens (including phenoxy) is 1. The van der Waals surface area contributed by atoms with Gasteiger partial charge in [0.15, 0.2) is 0 Å². The van der Waals surface area contributed by atoms with E-state index in [1.54, 1.807) is 0 Å². The van der Waals surface area contributed by atoms with Gasteiger partial charge in [0.25, 0.3) is 0 Å². The Hall–Kier alpha value is -0.570. The smallest absolute Gasteiger partial charge is 0.302 e.